The van der Waals surface area contributed by atoms with Crippen LogP contribution in [0, 0.1) is 0 Å². The van der Waals surface area contributed by atoms with Crippen LogP contribution >= 0.6 is 0 Å². The number of fused-ring (bicyclic) bond motifs is 1. The maximum atomic E-state index is 12.8. The van der Waals surface area contributed by atoms with Crippen molar-refractivity contribution in [1.29, 1.82) is 0 Å². The molecule has 1 saturated heterocycles. The zero-order valence-corrected chi connectivity index (χ0v) is 13.5. The van der Waals surface area contributed by atoms with E-state index in [1.807, 2.05) is 28.8 Å². The number of imidazole rings is 1. The van der Waals surface area contributed by atoms with E-state index in [-0.39, 0.29) is 6.04 Å². The zero-order valence-electron chi connectivity index (χ0n) is 13.5. The van der Waals surface area contributed by atoms with Crippen molar-refractivity contribution in [2.75, 3.05) is 13.1 Å². The van der Waals surface area contributed by atoms with Gasteiger partial charge in [0.1, 0.15) is 5.65 Å². The minimum atomic E-state index is -4.39. The van der Waals surface area contributed by atoms with Crippen molar-refractivity contribution < 1.29 is 13.2 Å². The van der Waals surface area contributed by atoms with Gasteiger partial charge in [0.15, 0.2) is 5.69 Å². The van der Waals surface area contributed by atoms with Crippen LogP contribution in [0.25, 0.3) is 5.65 Å². The molecule has 3 aromatic rings. The summed E-state index contributed by atoms with van der Waals surface area (Å²) in [5.74, 6) is 0. The molecule has 1 unspecified atom stereocenters. The van der Waals surface area contributed by atoms with Gasteiger partial charge in [-0.15, -0.1) is 0 Å². The summed E-state index contributed by atoms with van der Waals surface area (Å²) in [5.41, 5.74) is 1.19. The van der Waals surface area contributed by atoms with E-state index in [1.165, 1.54) is 10.9 Å². The molecule has 0 radical (unpaired) electrons. The molecule has 5 nitrogen and oxygen atoms in total. The molecule has 0 amide bonds. The monoisotopic (exact) mass is 349 g/mol. The maximum absolute atomic E-state index is 12.8. The van der Waals surface area contributed by atoms with Gasteiger partial charge in [-0.1, -0.05) is 6.07 Å². The number of hydrogen-bond acceptors (Lipinski definition) is 3. The standard InChI is InChI=1S/C17H18F3N5/c18-17(19,20)15-6-9-25(22-15)14-4-2-8-23(12-14)11-13-3-1-5-16-21-7-10-24(13)16/h1,3,5-7,9-10,14H,2,4,8,11-12H2. The topological polar surface area (TPSA) is 38.4 Å². The molecule has 4 heterocycles. The average Bonchev–Trinajstić information content (AvgIpc) is 3.25. The van der Waals surface area contributed by atoms with Crippen LogP contribution in [0.2, 0.25) is 0 Å². The van der Waals surface area contributed by atoms with Gasteiger partial charge in [0.05, 0.1) is 6.04 Å². The van der Waals surface area contributed by atoms with Crippen molar-refractivity contribution in [2.45, 2.75) is 31.6 Å². The third-order valence-corrected chi connectivity index (χ3v) is 4.65. The van der Waals surface area contributed by atoms with Crippen LogP contribution in [0.5, 0.6) is 0 Å². The molecule has 132 valence electrons. The van der Waals surface area contributed by atoms with Crippen LogP contribution in [0.15, 0.2) is 42.9 Å². The Bertz CT molecular complexity index is 866. The van der Waals surface area contributed by atoms with Crippen molar-refractivity contribution in [3.8, 4) is 0 Å². The highest BCUT2D eigenvalue weighted by molar-refractivity contribution is 5.39. The Labute approximate surface area is 142 Å². The summed E-state index contributed by atoms with van der Waals surface area (Å²) < 4.78 is 41.8. The summed E-state index contributed by atoms with van der Waals surface area (Å²) in [7, 11) is 0. The Hall–Kier alpha value is -2.35. The van der Waals surface area contributed by atoms with Crippen molar-refractivity contribution in [3.63, 3.8) is 0 Å². The molecule has 0 bridgehead atoms. The van der Waals surface area contributed by atoms with Gasteiger partial charge in [0.2, 0.25) is 0 Å². The number of rotatable bonds is 3. The van der Waals surface area contributed by atoms with Crippen molar-refractivity contribution in [1.82, 2.24) is 24.1 Å². The second-order valence-corrected chi connectivity index (χ2v) is 6.38. The summed E-state index contributed by atoms with van der Waals surface area (Å²) in [5, 5.41) is 3.74. The number of halogens is 3. The normalized spacial score (nSPS) is 19.6. The first-order valence-corrected chi connectivity index (χ1v) is 8.26. The van der Waals surface area contributed by atoms with Gasteiger partial charge in [-0.05, 0) is 37.6 Å². The molecule has 1 fully saturated rings. The van der Waals surface area contributed by atoms with Gasteiger partial charge in [-0.25, -0.2) is 4.98 Å². The Kier molecular flexibility index (Phi) is 3.99. The van der Waals surface area contributed by atoms with E-state index in [1.54, 1.807) is 6.20 Å². The number of likely N-dealkylation sites (tertiary alicyclic amines) is 1. The minimum absolute atomic E-state index is 0.0353. The third kappa shape index (κ3) is 3.26. The number of alkyl halides is 3. The fourth-order valence-electron chi connectivity index (χ4n) is 3.45. The first-order chi connectivity index (χ1) is 12.0. The molecule has 0 aliphatic carbocycles. The van der Waals surface area contributed by atoms with E-state index >= 15 is 0 Å². The fraction of sp³-hybridized carbons (Fsp3) is 0.412. The van der Waals surface area contributed by atoms with E-state index in [0.29, 0.717) is 6.54 Å². The van der Waals surface area contributed by atoms with Gasteiger partial charge >= 0.3 is 6.18 Å². The second kappa shape index (κ2) is 6.18. The molecule has 3 aromatic heterocycles. The average molecular weight is 349 g/mol. The Morgan fingerprint density at radius 1 is 1.16 bits per heavy atom. The summed E-state index contributed by atoms with van der Waals surface area (Å²) in [6.07, 6.45) is 2.51. The summed E-state index contributed by atoms with van der Waals surface area (Å²) in [4.78, 5) is 6.55. The lowest BCUT2D eigenvalue weighted by molar-refractivity contribution is -0.141. The first-order valence-electron chi connectivity index (χ1n) is 8.26. The third-order valence-electron chi connectivity index (χ3n) is 4.65. The lowest BCUT2D eigenvalue weighted by Gasteiger charge is -2.33. The molecule has 1 aliphatic rings. The first kappa shape index (κ1) is 16.1. The van der Waals surface area contributed by atoms with E-state index in [2.05, 4.69) is 15.0 Å². The number of pyridine rings is 1. The largest absolute Gasteiger partial charge is 0.435 e. The predicted molar refractivity (Wildman–Crippen MR) is 86.0 cm³/mol. The van der Waals surface area contributed by atoms with Crippen LogP contribution in [0.3, 0.4) is 0 Å². The van der Waals surface area contributed by atoms with Crippen molar-refractivity contribution >= 4 is 5.65 Å². The van der Waals surface area contributed by atoms with Gasteiger partial charge < -0.3 is 4.40 Å². The highest BCUT2D eigenvalue weighted by Gasteiger charge is 2.34. The van der Waals surface area contributed by atoms with Crippen LogP contribution in [-0.4, -0.2) is 37.2 Å². The molecule has 1 aliphatic heterocycles. The fourth-order valence-corrected chi connectivity index (χ4v) is 3.45. The molecule has 0 saturated carbocycles. The van der Waals surface area contributed by atoms with Gasteiger partial charge in [-0.2, -0.15) is 18.3 Å². The molecular weight excluding hydrogens is 331 g/mol. The van der Waals surface area contributed by atoms with Crippen molar-refractivity contribution in [3.05, 3.63) is 54.2 Å². The molecule has 1 atom stereocenters. The predicted octanol–water partition coefficient (Wildman–Crippen LogP) is 3.39. The minimum Gasteiger partial charge on any atom is -0.303 e. The lowest BCUT2D eigenvalue weighted by atomic mass is 10.1. The van der Waals surface area contributed by atoms with E-state index in [0.717, 1.165) is 43.3 Å². The van der Waals surface area contributed by atoms with Gasteiger partial charge in [0, 0.05) is 37.4 Å². The van der Waals surface area contributed by atoms with Crippen molar-refractivity contribution in [2.24, 2.45) is 0 Å². The van der Waals surface area contributed by atoms with Gasteiger partial charge in [-0.3, -0.25) is 9.58 Å². The Morgan fingerprint density at radius 2 is 2.04 bits per heavy atom. The number of nitrogens with zero attached hydrogens (tertiary/aromatic N) is 5. The molecular formula is C17H18F3N5. The number of hydrogen-bond donors (Lipinski definition) is 0. The summed E-state index contributed by atoms with van der Waals surface area (Å²) >= 11 is 0. The molecule has 25 heavy (non-hydrogen) atoms. The van der Waals surface area contributed by atoms with E-state index in [9.17, 15) is 13.2 Å². The van der Waals surface area contributed by atoms with E-state index in [4.69, 9.17) is 0 Å². The molecule has 4 rings (SSSR count). The molecule has 0 aromatic carbocycles. The summed E-state index contributed by atoms with van der Waals surface area (Å²) in [6.45, 7) is 2.34. The highest BCUT2D eigenvalue weighted by Crippen LogP contribution is 2.29. The lowest BCUT2D eigenvalue weighted by Crippen LogP contribution is -2.36. The molecule has 0 spiro atoms. The number of aromatic nitrogens is 4. The Morgan fingerprint density at radius 3 is 2.84 bits per heavy atom. The van der Waals surface area contributed by atoms with Crippen LogP contribution in [0.1, 0.15) is 30.3 Å². The SMILES string of the molecule is FC(F)(F)c1ccn(C2CCCN(Cc3cccc4nccn34)C2)n1. The maximum Gasteiger partial charge on any atom is 0.435 e. The van der Waals surface area contributed by atoms with Crippen LogP contribution in [0.4, 0.5) is 13.2 Å². The molecule has 8 heteroatoms. The quantitative estimate of drug-likeness (QED) is 0.728. The molecule has 0 N–H and O–H groups in total. The number of piperidine rings is 1. The van der Waals surface area contributed by atoms with Crippen LogP contribution < -0.4 is 0 Å². The summed E-state index contributed by atoms with van der Waals surface area (Å²) in [6, 6.07) is 6.98. The second-order valence-electron chi connectivity index (χ2n) is 6.38. The zero-order chi connectivity index (χ0) is 17.4. The smallest absolute Gasteiger partial charge is 0.303 e. The van der Waals surface area contributed by atoms with E-state index < -0.39 is 11.9 Å². The highest BCUT2D eigenvalue weighted by atomic mass is 19.4. The Balaban J connectivity index is 1.49. The van der Waals surface area contributed by atoms with Crippen LogP contribution in [-0.2, 0) is 12.7 Å². The van der Waals surface area contributed by atoms with Gasteiger partial charge in [0.25, 0.3) is 0 Å².